The lowest BCUT2D eigenvalue weighted by atomic mass is 9.96. The Morgan fingerprint density at radius 3 is 2.41 bits per heavy atom. The number of hydrogen-bond donors (Lipinski definition) is 0. The molecule has 3 rings (SSSR count). The number of rotatable bonds is 6. The molecule has 154 valence electrons. The highest BCUT2D eigenvalue weighted by molar-refractivity contribution is 5.95. The molecular formula is C24H29NO4. The van der Waals surface area contributed by atoms with Crippen LogP contribution in [0.5, 0.6) is 5.75 Å². The number of aryl methyl sites for hydroxylation is 3. The summed E-state index contributed by atoms with van der Waals surface area (Å²) in [5.41, 5.74) is 3.90. The zero-order valence-electron chi connectivity index (χ0n) is 17.4. The van der Waals surface area contributed by atoms with E-state index in [0.29, 0.717) is 32.5 Å². The summed E-state index contributed by atoms with van der Waals surface area (Å²) < 4.78 is 11.1. The molecule has 5 nitrogen and oxygen atoms in total. The molecule has 0 aromatic heterocycles. The first kappa shape index (κ1) is 20.9. The molecule has 0 atom stereocenters. The van der Waals surface area contributed by atoms with Crippen LogP contribution in [-0.2, 0) is 9.53 Å². The van der Waals surface area contributed by atoms with Crippen LogP contribution in [0.4, 0.5) is 0 Å². The minimum Gasteiger partial charge on any atom is -0.490 e. The number of piperidine rings is 1. The average molecular weight is 395 g/mol. The number of amides is 1. The number of nitrogens with zero attached hydrogens (tertiary/aromatic N) is 1. The molecule has 0 N–H and O–H groups in total. The van der Waals surface area contributed by atoms with Crippen molar-refractivity contribution in [2.24, 2.45) is 5.92 Å². The van der Waals surface area contributed by atoms with Gasteiger partial charge in [-0.1, -0.05) is 30.3 Å². The molecule has 5 heteroatoms. The lowest BCUT2D eigenvalue weighted by Gasteiger charge is -2.31. The third-order valence-corrected chi connectivity index (χ3v) is 5.42. The normalized spacial score (nSPS) is 14.5. The number of likely N-dealkylation sites (tertiary alicyclic amines) is 1. The van der Waals surface area contributed by atoms with Crippen LogP contribution in [0.1, 0.15) is 39.9 Å². The van der Waals surface area contributed by atoms with E-state index in [1.165, 1.54) is 0 Å². The summed E-state index contributed by atoms with van der Waals surface area (Å²) in [6, 6.07) is 13.6. The van der Waals surface area contributed by atoms with Gasteiger partial charge in [0.05, 0.1) is 5.92 Å². The first-order valence-corrected chi connectivity index (χ1v) is 10.2. The maximum Gasteiger partial charge on any atom is 0.309 e. The molecule has 1 aliphatic rings. The molecule has 0 unspecified atom stereocenters. The van der Waals surface area contributed by atoms with Crippen LogP contribution >= 0.6 is 0 Å². The van der Waals surface area contributed by atoms with Gasteiger partial charge >= 0.3 is 5.97 Å². The van der Waals surface area contributed by atoms with Crippen LogP contribution in [0.2, 0.25) is 0 Å². The Morgan fingerprint density at radius 1 is 0.966 bits per heavy atom. The third-order valence-electron chi connectivity index (χ3n) is 5.42. The van der Waals surface area contributed by atoms with Crippen molar-refractivity contribution in [3.05, 3.63) is 64.7 Å². The van der Waals surface area contributed by atoms with E-state index in [-0.39, 0.29) is 24.4 Å². The average Bonchev–Trinajstić information content (AvgIpc) is 2.73. The number of carbonyl (C=O) groups is 2. The van der Waals surface area contributed by atoms with Gasteiger partial charge in [0.25, 0.3) is 5.91 Å². The molecule has 1 fully saturated rings. The smallest absolute Gasteiger partial charge is 0.309 e. The maximum atomic E-state index is 12.7. The van der Waals surface area contributed by atoms with E-state index in [1.54, 1.807) is 0 Å². The van der Waals surface area contributed by atoms with Crippen molar-refractivity contribution in [3.63, 3.8) is 0 Å². The number of carbonyl (C=O) groups excluding carboxylic acids is 2. The van der Waals surface area contributed by atoms with Crippen LogP contribution in [0.25, 0.3) is 0 Å². The second-order valence-corrected chi connectivity index (χ2v) is 7.67. The van der Waals surface area contributed by atoms with Crippen molar-refractivity contribution in [1.29, 1.82) is 0 Å². The van der Waals surface area contributed by atoms with E-state index in [9.17, 15) is 9.59 Å². The van der Waals surface area contributed by atoms with E-state index in [0.717, 1.165) is 28.0 Å². The summed E-state index contributed by atoms with van der Waals surface area (Å²) in [5, 5.41) is 0. The Morgan fingerprint density at radius 2 is 1.69 bits per heavy atom. The Balaban J connectivity index is 1.41. The van der Waals surface area contributed by atoms with Crippen molar-refractivity contribution < 1.29 is 19.1 Å². The summed E-state index contributed by atoms with van der Waals surface area (Å²) in [5.74, 6) is 0.509. The topological polar surface area (TPSA) is 55.8 Å². The number of ether oxygens (including phenoxy) is 2. The molecule has 0 aliphatic carbocycles. The maximum absolute atomic E-state index is 12.7. The fraction of sp³-hybridized carbons (Fsp3) is 0.417. The van der Waals surface area contributed by atoms with Crippen molar-refractivity contribution in [2.75, 3.05) is 26.3 Å². The number of benzene rings is 2. The zero-order valence-corrected chi connectivity index (χ0v) is 17.4. The Hall–Kier alpha value is -2.82. The van der Waals surface area contributed by atoms with Gasteiger partial charge in [0.1, 0.15) is 19.0 Å². The van der Waals surface area contributed by atoms with Crippen LogP contribution < -0.4 is 4.74 Å². The molecule has 0 bridgehead atoms. The predicted molar refractivity (Wildman–Crippen MR) is 112 cm³/mol. The van der Waals surface area contributed by atoms with Gasteiger partial charge in [-0.3, -0.25) is 9.59 Å². The molecule has 1 saturated heterocycles. The second kappa shape index (κ2) is 9.59. The van der Waals surface area contributed by atoms with Crippen molar-refractivity contribution in [2.45, 2.75) is 33.6 Å². The van der Waals surface area contributed by atoms with E-state index in [1.807, 2.05) is 68.1 Å². The van der Waals surface area contributed by atoms with Crippen LogP contribution in [0.15, 0.2) is 42.5 Å². The van der Waals surface area contributed by atoms with E-state index < -0.39 is 0 Å². The highest BCUT2D eigenvalue weighted by atomic mass is 16.6. The Bertz CT molecular complexity index is 869. The summed E-state index contributed by atoms with van der Waals surface area (Å²) in [6.07, 6.45) is 1.27. The molecule has 0 radical (unpaired) electrons. The minimum atomic E-state index is -0.197. The lowest BCUT2D eigenvalue weighted by molar-refractivity contribution is -0.150. The molecule has 0 saturated carbocycles. The molecule has 0 spiro atoms. The Labute approximate surface area is 172 Å². The molecule has 29 heavy (non-hydrogen) atoms. The van der Waals surface area contributed by atoms with Crippen LogP contribution in [0.3, 0.4) is 0 Å². The summed E-state index contributed by atoms with van der Waals surface area (Å²) in [4.78, 5) is 26.9. The van der Waals surface area contributed by atoms with Gasteiger partial charge in [-0.25, -0.2) is 0 Å². The number of hydrogen-bond acceptors (Lipinski definition) is 4. The van der Waals surface area contributed by atoms with Gasteiger partial charge in [0.2, 0.25) is 0 Å². The first-order chi connectivity index (χ1) is 14.0. The molecule has 2 aromatic carbocycles. The SMILES string of the molecule is Cc1ccc(C)c(OCCOC(=O)C2CCN(C(=O)c3ccccc3C)CC2)c1. The van der Waals surface area contributed by atoms with Crippen LogP contribution in [0, 0.1) is 26.7 Å². The van der Waals surface area contributed by atoms with Crippen molar-refractivity contribution in [1.82, 2.24) is 4.90 Å². The fourth-order valence-corrected chi connectivity index (χ4v) is 3.58. The third kappa shape index (κ3) is 5.37. The quantitative estimate of drug-likeness (QED) is 0.546. The monoisotopic (exact) mass is 395 g/mol. The molecule has 1 amide bonds. The lowest BCUT2D eigenvalue weighted by Crippen LogP contribution is -2.41. The van der Waals surface area contributed by atoms with Crippen molar-refractivity contribution >= 4 is 11.9 Å². The number of esters is 1. The Kier molecular flexibility index (Phi) is 6.91. The van der Waals surface area contributed by atoms with Gasteiger partial charge in [0.15, 0.2) is 0 Å². The van der Waals surface area contributed by atoms with Gasteiger partial charge in [-0.15, -0.1) is 0 Å². The summed E-state index contributed by atoms with van der Waals surface area (Å²) >= 11 is 0. The van der Waals surface area contributed by atoms with Crippen molar-refractivity contribution in [3.8, 4) is 5.75 Å². The second-order valence-electron chi connectivity index (χ2n) is 7.67. The highest BCUT2D eigenvalue weighted by Gasteiger charge is 2.29. The molecule has 1 aliphatic heterocycles. The standard InChI is InChI=1S/C24H29NO4/c1-17-8-9-19(3)22(16-17)28-14-15-29-24(27)20-10-12-25(13-11-20)23(26)21-7-5-4-6-18(21)2/h4-9,16,20H,10-15H2,1-3H3. The highest BCUT2D eigenvalue weighted by Crippen LogP contribution is 2.22. The summed E-state index contributed by atoms with van der Waals surface area (Å²) in [7, 11) is 0. The van der Waals surface area contributed by atoms with Gasteiger partial charge in [0, 0.05) is 18.7 Å². The van der Waals surface area contributed by atoms with Crippen LogP contribution in [-0.4, -0.2) is 43.1 Å². The first-order valence-electron chi connectivity index (χ1n) is 10.2. The molecule has 2 aromatic rings. The minimum absolute atomic E-state index is 0.0387. The van der Waals surface area contributed by atoms with E-state index >= 15 is 0 Å². The van der Waals surface area contributed by atoms with E-state index in [2.05, 4.69) is 0 Å². The van der Waals surface area contributed by atoms with E-state index in [4.69, 9.17) is 9.47 Å². The molecular weight excluding hydrogens is 366 g/mol. The predicted octanol–water partition coefficient (Wildman–Crippen LogP) is 4.09. The largest absolute Gasteiger partial charge is 0.490 e. The fourth-order valence-electron chi connectivity index (χ4n) is 3.58. The zero-order chi connectivity index (χ0) is 20.8. The van der Waals surface area contributed by atoms with Gasteiger partial charge < -0.3 is 14.4 Å². The molecule has 1 heterocycles. The van der Waals surface area contributed by atoms with Gasteiger partial charge in [-0.05, 0) is 62.4 Å². The summed E-state index contributed by atoms with van der Waals surface area (Å²) in [6.45, 7) is 7.67. The van der Waals surface area contributed by atoms with Gasteiger partial charge in [-0.2, -0.15) is 0 Å².